The van der Waals surface area contributed by atoms with Crippen molar-refractivity contribution in [3.63, 3.8) is 0 Å². The zero-order chi connectivity index (χ0) is 11.4. The van der Waals surface area contributed by atoms with Gasteiger partial charge in [0.2, 0.25) is 0 Å². The largest absolute Gasteiger partial charge is 0.493 e. The molecule has 1 aromatic rings. The van der Waals surface area contributed by atoms with Gasteiger partial charge in [0.05, 0.1) is 6.61 Å². The first-order valence-electron chi connectivity index (χ1n) is 6.15. The van der Waals surface area contributed by atoms with Crippen LogP contribution in [0.3, 0.4) is 0 Å². The van der Waals surface area contributed by atoms with Crippen molar-refractivity contribution >= 4 is 0 Å². The molecule has 1 nitrogen and oxygen atoms in total. The maximum atomic E-state index is 13.3. The molecule has 0 saturated heterocycles. The molecular weight excluding hydrogens is 203 g/mol. The predicted octanol–water partition coefficient (Wildman–Crippen LogP) is 4.09. The first kappa shape index (κ1) is 11.4. The lowest BCUT2D eigenvalue weighted by molar-refractivity contribution is 0.207. The molecule has 1 fully saturated rings. The topological polar surface area (TPSA) is 9.23 Å². The SMILES string of the molecule is Cc1c(F)cccc1OCC1CCCCC1. The second-order valence-electron chi connectivity index (χ2n) is 4.68. The van der Waals surface area contributed by atoms with E-state index >= 15 is 0 Å². The third kappa shape index (κ3) is 2.75. The predicted molar refractivity (Wildman–Crippen MR) is 63.2 cm³/mol. The van der Waals surface area contributed by atoms with Crippen molar-refractivity contribution in [2.24, 2.45) is 5.92 Å². The lowest BCUT2D eigenvalue weighted by Crippen LogP contribution is -2.15. The van der Waals surface area contributed by atoms with Crippen molar-refractivity contribution in [3.05, 3.63) is 29.6 Å². The van der Waals surface area contributed by atoms with E-state index in [2.05, 4.69) is 0 Å². The molecule has 2 rings (SSSR count). The van der Waals surface area contributed by atoms with E-state index in [9.17, 15) is 4.39 Å². The van der Waals surface area contributed by atoms with Crippen molar-refractivity contribution in [2.75, 3.05) is 6.61 Å². The molecule has 2 heteroatoms. The van der Waals surface area contributed by atoms with Crippen LogP contribution in [0.2, 0.25) is 0 Å². The van der Waals surface area contributed by atoms with Gasteiger partial charge in [-0.3, -0.25) is 0 Å². The van der Waals surface area contributed by atoms with E-state index in [0.29, 0.717) is 17.2 Å². The molecule has 0 aromatic heterocycles. The van der Waals surface area contributed by atoms with Crippen molar-refractivity contribution in [3.8, 4) is 5.75 Å². The molecule has 0 N–H and O–H groups in total. The van der Waals surface area contributed by atoms with Crippen LogP contribution in [0, 0.1) is 18.7 Å². The van der Waals surface area contributed by atoms with E-state index in [1.807, 2.05) is 6.07 Å². The number of rotatable bonds is 3. The minimum absolute atomic E-state index is 0.179. The summed E-state index contributed by atoms with van der Waals surface area (Å²) in [6.45, 7) is 2.51. The highest BCUT2D eigenvalue weighted by Crippen LogP contribution is 2.26. The molecule has 88 valence electrons. The van der Waals surface area contributed by atoms with Crippen LogP contribution in [0.4, 0.5) is 4.39 Å². The summed E-state index contributed by atoms with van der Waals surface area (Å²) >= 11 is 0. The number of hydrogen-bond acceptors (Lipinski definition) is 1. The standard InChI is InChI=1S/C14H19FO/c1-11-13(15)8-5-9-14(11)16-10-12-6-3-2-4-7-12/h5,8-9,12H,2-4,6-7,10H2,1H3. The second-order valence-corrected chi connectivity index (χ2v) is 4.68. The number of benzene rings is 1. The molecule has 0 atom stereocenters. The fraction of sp³-hybridized carbons (Fsp3) is 0.571. The van der Waals surface area contributed by atoms with E-state index in [1.54, 1.807) is 13.0 Å². The molecule has 1 aliphatic carbocycles. The zero-order valence-corrected chi connectivity index (χ0v) is 9.84. The van der Waals surface area contributed by atoms with Crippen LogP contribution in [0.1, 0.15) is 37.7 Å². The smallest absolute Gasteiger partial charge is 0.129 e. The third-order valence-corrected chi connectivity index (χ3v) is 3.42. The fourth-order valence-corrected chi connectivity index (χ4v) is 2.31. The average molecular weight is 222 g/mol. The van der Waals surface area contributed by atoms with Gasteiger partial charge in [0.25, 0.3) is 0 Å². The Kier molecular flexibility index (Phi) is 3.81. The quantitative estimate of drug-likeness (QED) is 0.748. The summed E-state index contributed by atoms with van der Waals surface area (Å²) in [5, 5.41) is 0. The Labute approximate surface area is 96.6 Å². The van der Waals surface area contributed by atoms with Crippen LogP contribution in [0.25, 0.3) is 0 Å². The molecule has 0 bridgehead atoms. The molecule has 0 radical (unpaired) electrons. The van der Waals surface area contributed by atoms with Gasteiger partial charge >= 0.3 is 0 Å². The van der Waals surface area contributed by atoms with Crippen molar-refractivity contribution in [1.82, 2.24) is 0 Å². The van der Waals surface area contributed by atoms with Crippen LogP contribution in [-0.2, 0) is 0 Å². The van der Waals surface area contributed by atoms with Gasteiger partial charge in [0.15, 0.2) is 0 Å². The van der Waals surface area contributed by atoms with Gasteiger partial charge in [-0.25, -0.2) is 4.39 Å². The van der Waals surface area contributed by atoms with Crippen molar-refractivity contribution < 1.29 is 9.13 Å². The van der Waals surface area contributed by atoms with Gasteiger partial charge in [0.1, 0.15) is 11.6 Å². The molecule has 1 aliphatic rings. The summed E-state index contributed by atoms with van der Waals surface area (Å²) in [7, 11) is 0. The molecule has 0 heterocycles. The molecule has 0 spiro atoms. The molecule has 16 heavy (non-hydrogen) atoms. The average Bonchev–Trinajstić information content (AvgIpc) is 2.32. The first-order valence-corrected chi connectivity index (χ1v) is 6.15. The summed E-state index contributed by atoms with van der Waals surface area (Å²) in [6.07, 6.45) is 6.50. The van der Waals surface area contributed by atoms with Crippen LogP contribution in [-0.4, -0.2) is 6.61 Å². The van der Waals surface area contributed by atoms with Gasteiger partial charge in [0, 0.05) is 5.56 Å². The monoisotopic (exact) mass is 222 g/mol. The Morgan fingerprint density at radius 3 is 2.75 bits per heavy atom. The van der Waals surface area contributed by atoms with E-state index in [1.165, 1.54) is 38.2 Å². The zero-order valence-electron chi connectivity index (χ0n) is 9.84. The third-order valence-electron chi connectivity index (χ3n) is 3.42. The van der Waals surface area contributed by atoms with Gasteiger partial charge in [-0.2, -0.15) is 0 Å². The van der Waals surface area contributed by atoms with Gasteiger partial charge < -0.3 is 4.74 Å². The maximum Gasteiger partial charge on any atom is 0.129 e. The normalized spacial score (nSPS) is 17.4. The summed E-state index contributed by atoms with van der Waals surface area (Å²) in [6, 6.07) is 5.03. The van der Waals surface area contributed by atoms with Crippen LogP contribution in [0.5, 0.6) is 5.75 Å². The van der Waals surface area contributed by atoms with E-state index in [0.717, 1.165) is 6.61 Å². The summed E-state index contributed by atoms with van der Waals surface area (Å²) < 4.78 is 19.0. The minimum atomic E-state index is -0.179. The summed E-state index contributed by atoms with van der Waals surface area (Å²) in [5.74, 6) is 1.18. The Bertz CT molecular complexity index is 343. The maximum absolute atomic E-state index is 13.3. The molecule has 1 saturated carbocycles. The van der Waals surface area contributed by atoms with Crippen LogP contribution < -0.4 is 4.74 Å². The van der Waals surface area contributed by atoms with Crippen molar-refractivity contribution in [2.45, 2.75) is 39.0 Å². The van der Waals surface area contributed by atoms with Gasteiger partial charge in [-0.15, -0.1) is 0 Å². The van der Waals surface area contributed by atoms with E-state index in [4.69, 9.17) is 4.74 Å². The second kappa shape index (κ2) is 5.33. The Hall–Kier alpha value is -1.05. The van der Waals surface area contributed by atoms with Crippen LogP contribution >= 0.6 is 0 Å². The number of hydrogen-bond donors (Lipinski definition) is 0. The lowest BCUT2D eigenvalue weighted by atomic mass is 9.90. The van der Waals surface area contributed by atoms with Crippen molar-refractivity contribution in [1.29, 1.82) is 0 Å². The highest BCUT2D eigenvalue weighted by atomic mass is 19.1. The molecule has 0 unspecified atom stereocenters. The number of ether oxygens (including phenoxy) is 1. The van der Waals surface area contributed by atoms with Gasteiger partial charge in [-0.05, 0) is 37.8 Å². The highest BCUT2D eigenvalue weighted by Gasteiger charge is 2.14. The highest BCUT2D eigenvalue weighted by molar-refractivity contribution is 5.33. The molecule has 1 aromatic carbocycles. The fourth-order valence-electron chi connectivity index (χ4n) is 2.31. The Balaban J connectivity index is 1.91. The molecule has 0 aliphatic heterocycles. The molecule has 0 amide bonds. The Morgan fingerprint density at radius 2 is 2.00 bits per heavy atom. The van der Waals surface area contributed by atoms with E-state index in [-0.39, 0.29) is 5.82 Å². The molecular formula is C14H19FO. The van der Waals surface area contributed by atoms with Crippen LogP contribution in [0.15, 0.2) is 18.2 Å². The van der Waals surface area contributed by atoms with Gasteiger partial charge in [-0.1, -0.05) is 25.3 Å². The number of halogens is 1. The Morgan fingerprint density at radius 1 is 1.25 bits per heavy atom. The first-order chi connectivity index (χ1) is 7.77. The summed E-state index contributed by atoms with van der Waals surface area (Å²) in [4.78, 5) is 0. The summed E-state index contributed by atoms with van der Waals surface area (Å²) in [5.41, 5.74) is 0.623. The van der Waals surface area contributed by atoms with E-state index < -0.39 is 0 Å². The minimum Gasteiger partial charge on any atom is -0.493 e. The lowest BCUT2D eigenvalue weighted by Gasteiger charge is -2.22.